The summed E-state index contributed by atoms with van der Waals surface area (Å²) in [5.74, 6) is 2.35. The minimum atomic E-state index is -5.08. The van der Waals surface area contributed by atoms with Gasteiger partial charge in [0, 0.05) is 36.6 Å². The number of nitrogens with zero attached hydrogens (tertiary/aromatic N) is 2. The molecule has 1 aromatic heterocycles. The first-order valence-electron chi connectivity index (χ1n) is 12.6. The lowest BCUT2D eigenvalue weighted by Gasteiger charge is -2.09. The Kier molecular flexibility index (Phi) is 10.5. The molecule has 0 radical (unpaired) electrons. The largest absolute Gasteiger partial charge is 0.490 e. The van der Waals surface area contributed by atoms with E-state index in [0.29, 0.717) is 29.8 Å². The summed E-state index contributed by atoms with van der Waals surface area (Å²) in [6.07, 6.45) is 0.260. The van der Waals surface area contributed by atoms with E-state index in [2.05, 4.69) is 10.4 Å². The predicted octanol–water partition coefficient (Wildman–Crippen LogP) is 4.19. The molecule has 226 valence electrons. The average molecular weight is 616 g/mol. The molecule has 0 aliphatic carbocycles. The van der Waals surface area contributed by atoms with Gasteiger partial charge >= 0.3 is 12.1 Å². The molecule has 0 fully saturated rings. The van der Waals surface area contributed by atoms with Gasteiger partial charge in [-0.1, -0.05) is 60.7 Å². The zero-order valence-corrected chi connectivity index (χ0v) is 23.6. The Bertz CT molecular complexity index is 1730. The van der Waals surface area contributed by atoms with E-state index in [1.54, 1.807) is 24.4 Å². The third-order valence-corrected chi connectivity index (χ3v) is 6.91. The highest BCUT2D eigenvalue weighted by molar-refractivity contribution is 7.89. The molecule has 10 nitrogen and oxygen atoms in total. The van der Waals surface area contributed by atoms with Crippen molar-refractivity contribution in [1.82, 2.24) is 9.88 Å². The summed E-state index contributed by atoms with van der Waals surface area (Å²) in [5.41, 5.74) is 5.31. The van der Waals surface area contributed by atoms with Crippen LogP contribution >= 0.6 is 0 Å². The van der Waals surface area contributed by atoms with Crippen molar-refractivity contribution in [2.45, 2.75) is 24.5 Å². The summed E-state index contributed by atoms with van der Waals surface area (Å²) >= 11 is 0. The number of carboxylic acids is 1. The van der Waals surface area contributed by atoms with E-state index in [1.165, 1.54) is 6.07 Å². The highest BCUT2D eigenvalue weighted by Gasteiger charge is 2.38. The van der Waals surface area contributed by atoms with Crippen molar-refractivity contribution >= 4 is 28.1 Å². The van der Waals surface area contributed by atoms with Gasteiger partial charge in [0.25, 0.3) is 5.91 Å². The van der Waals surface area contributed by atoms with Crippen LogP contribution in [-0.4, -0.2) is 48.9 Å². The second-order valence-electron chi connectivity index (χ2n) is 9.06. The van der Waals surface area contributed by atoms with Gasteiger partial charge in [-0.15, -0.1) is 0 Å². The van der Waals surface area contributed by atoms with Crippen molar-refractivity contribution in [3.8, 4) is 22.3 Å². The number of hydrogen-bond acceptors (Lipinski definition) is 6. The maximum Gasteiger partial charge on any atom is 0.490 e. The van der Waals surface area contributed by atoms with Gasteiger partial charge in [-0.3, -0.25) is 4.79 Å². The molecule has 0 saturated heterocycles. The van der Waals surface area contributed by atoms with Crippen molar-refractivity contribution in [3.63, 3.8) is 0 Å². The van der Waals surface area contributed by atoms with Crippen molar-refractivity contribution in [2.24, 2.45) is 16.1 Å². The van der Waals surface area contributed by atoms with Gasteiger partial charge in [-0.25, -0.2) is 18.4 Å². The number of aliphatic carboxylic acids is 1. The summed E-state index contributed by atoms with van der Waals surface area (Å²) in [7, 11) is -3.87. The van der Waals surface area contributed by atoms with Crippen LogP contribution in [0.25, 0.3) is 22.3 Å². The molecule has 0 atom stereocenters. The van der Waals surface area contributed by atoms with Crippen LogP contribution in [0.1, 0.15) is 28.4 Å². The Balaban J connectivity index is 0.000000646. The van der Waals surface area contributed by atoms with E-state index in [-0.39, 0.29) is 10.8 Å². The Hall–Kier alpha value is -4.95. The van der Waals surface area contributed by atoms with Gasteiger partial charge in [-0.05, 0) is 41.3 Å². The fourth-order valence-electron chi connectivity index (χ4n) is 4.12. The van der Waals surface area contributed by atoms with Gasteiger partial charge in [0.2, 0.25) is 10.0 Å². The molecular weight excluding hydrogens is 587 g/mol. The lowest BCUT2D eigenvalue weighted by atomic mass is 9.99. The molecule has 14 heteroatoms. The van der Waals surface area contributed by atoms with Gasteiger partial charge in [-0.2, -0.15) is 18.3 Å². The number of amides is 1. The van der Waals surface area contributed by atoms with Crippen molar-refractivity contribution in [1.29, 1.82) is 0 Å². The molecule has 0 bridgehead atoms. The summed E-state index contributed by atoms with van der Waals surface area (Å²) in [6, 6.07) is 21.8. The standard InChI is InChI=1S/C27H27N5O3S.C2HF3O2/c1-2-30-27(33)25-18-32(16-20-7-5-6-19(14-20)15-31-28)17-24(25)22-12-10-21(11-13-22)23-8-3-4-9-26(23)36(29,34)35;3-2(4,5)1(6)7/h3-15,17-18H,2,16,28H2,1H3,(H,30,33)(H2,29,34,35);(H,6,7). The van der Waals surface area contributed by atoms with Gasteiger partial charge in [0.05, 0.1) is 16.7 Å². The molecule has 1 heterocycles. The first kappa shape index (κ1) is 32.6. The number of carbonyl (C=O) groups is 2. The quantitative estimate of drug-likeness (QED) is 0.132. The number of carbonyl (C=O) groups excluding carboxylic acids is 1. The molecule has 0 saturated carbocycles. The number of halogens is 3. The third-order valence-electron chi connectivity index (χ3n) is 5.94. The Morgan fingerprint density at radius 1 is 0.977 bits per heavy atom. The number of alkyl halides is 3. The molecule has 4 rings (SSSR count). The highest BCUT2D eigenvalue weighted by atomic mass is 32.2. The Labute approximate surface area is 245 Å². The maximum atomic E-state index is 12.9. The highest BCUT2D eigenvalue weighted by Crippen LogP contribution is 2.31. The van der Waals surface area contributed by atoms with E-state index in [9.17, 15) is 26.4 Å². The Morgan fingerprint density at radius 3 is 2.14 bits per heavy atom. The summed E-state index contributed by atoms with van der Waals surface area (Å²) in [6.45, 7) is 2.93. The average Bonchev–Trinajstić information content (AvgIpc) is 3.37. The monoisotopic (exact) mass is 615 g/mol. The summed E-state index contributed by atoms with van der Waals surface area (Å²) in [5, 5.41) is 19.0. The normalized spacial score (nSPS) is 11.6. The first-order valence-corrected chi connectivity index (χ1v) is 14.1. The molecule has 0 aliphatic rings. The molecule has 0 unspecified atom stereocenters. The fourth-order valence-corrected chi connectivity index (χ4v) is 4.88. The molecule has 1 amide bonds. The number of carboxylic acid groups (broad SMARTS) is 1. The number of primary sulfonamides is 1. The topological polar surface area (TPSA) is 170 Å². The van der Waals surface area contributed by atoms with Gasteiger partial charge in [0.1, 0.15) is 0 Å². The second-order valence-corrected chi connectivity index (χ2v) is 10.6. The number of hydrogen-bond donors (Lipinski definition) is 4. The van der Waals surface area contributed by atoms with Crippen LogP contribution < -0.4 is 16.3 Å². The molecule has 43 heavy (non-hydrogen) atoms. The van der Waals surface area contributed by atoms with E-state index in [4.69, 9.17) is 20.9 Å². The van der Waals surface area contributed by atoms with Crippen LogP contribution in [-0.2, 0) is 21.4 Å². The van der Waals surface area contributed by atoms with Crippen LogP contribution in [0, 0.1) is 0 Å². The molecule has 3 aromatic carbocycles. The van der Waals surface area contributed by atoms with Crippen LogP contribution in [0.4, 0.5) is 13.2 Å². The lowest BCUT2D eigenvalue weighted by molar-refractivity contribution is -0.192. The number of aromatic nitrogens is 1. The first-order chi connectivity index (χ1) is 20.2. The molecule has 4 aromatic rings. The van der Waals surface area contributed by atoms with E-state index < -0.39 is 22.2 Å². The SMILES string of the molecule is CCNC(=O)c1cn(Cc2cccc(C=NN)c2)cc1-c1ccc(-c2ccccc2S(N)(=O)=O)cc1.O=C(O)C(F)(F)F. The molecule has 0 spiro atoms. The zero-order chi connectivity index (χ0) is 31.8. The zero-order valence-electron chi connectivity index (χ0n) is 22.7. The summed E-state index contributed by atoms with van der Waals surface area (Å²) in [4.78, 5) is 21.8. The molecule has 0 aliphatic heterocycles. The van der Waals surface area contributed by atoms with Crippen LogP contribution in [0.15, 0.2) is 95.2 Å². The van der Waals surface area contributed by atoms with Crippen molar-refractivity contribution < 1.29 is 36.3 Å². The number of nitrogens with one attached hydrogen (secondary N) is 1. The van der Waals surface area contributed by atoms with Crippen LogP contribution in [0.2, 0.25) is 0 Å². The van der Waals surface area contributed by atoms with Gasteiger partial charge < -0.3 is 20.8 Å². The minimum Gasteiger partial charge on any atom is -0.475 e. The van der Waals surface area contributed by atoms with Crippen LogP contribution in [0.3, 0.4) is 0 Å². The smallest absolute Gasteiger partial charge is 0.475 e. The number of nitrogens with two attached hydrogens (primary N) is 2. The second kappa shape index (κ2) is 13.8. The van der Waals surface area contributed by atoms with Crippen LogP contribution in [0.5, 0.6) is 0 Å². The minimum absolute atomic E-state index is 0.0637. The van der Waals surface area contributed by atoms with Crippen molar-refractivity contribution in [3.05, 3.63) is 102 Å². The van der Waals surface area contributed by atoms with E-state index >= 15 is 0 Å². The summed E-state index contributed by atoms with van der Waals surface area (Å²) < 4.78 is 57.7. The number of hydrazone groups is 1. The molecule has 6 N–H and O–H groups in total. The molecular formula is C29H28F3N5O5S. The van der Waals surface area contributed by atoms with Gasteiger partial charge in [0.15, 0.2) is 0 Å². The lowest BCUT2D eigenvalue weighted by Crippen LogP contribution is -2.22. The predicted molar refractivity (Wildman–Crippen MR) is 156 cm³/mol. The fraction of sp³-hybridized carbons (Fsp3) is 0.138. The number of rotatable bonds is 8. The number of sulfonamides is 1. The Morgan fingerprint density at radius 2 is 1.58 bits per heavy atom. The van der Waals surface area contributed by atoms with Crippen molar-refractivity contribution in [2.75, 3.05) is 6.54 Å². The number of benzene rings is 3. The van der Waals surface area contributed by atoms with E-state index in [1.807, 2.05) is 72.4 Å². The van der Waals surface area contributed by atoms with E-state index in [0.717, 1.165) is 22.3 Å². The maximum absolute atomic E-state index is 12.9. The third kappa shape index (κ3) is 8.77.